The van der Waals surface area contributed by atoms with E-state index in [0.29, 0.717) is 0 Å². The molecule has 0 spiro atoms. The molecular formula is C64H41NO2. The van der Waals surface area contributed by atoms with Crippen molar-refractivity contribution < 1.29 is 8.83 Å². The average molecular weight is 856 g/mol. The first-order chi connectivity index (χ1) is 33.2. The lowest BCUT2D eigenvalue weighted by Gasteiger charge is -2.27. The standard InChI is InChI=1S/C64H41NO2/c1-5-15-42(16-6-1)49-31-35-54-55-25-14-26-59(63(55)66-60(54)40-49)65(51-33-29-44(30-34-51)48-28-27-47-23-13-24-52(57(47)39-48)45-19-9-3-10-20-45)58-38-37-53(46-21-11-4-12-22-46)64-62(58)56-36-32-50(41-61(56)67-64)43-17-7-2-8-18-43/h1-41H. The molecule has 2 heterocycles. The van der Waals surface area contributed by atoms with Crippen molar-refractivity contribution in [1.29, 1.82) is 0 Å². The van der Waals surface area contributed by atoms with Crippen LogP contribution in [0.5, 0.6) is 0 Å². The molecule has 0 fully saturated rings. The summed E-state index contributed by atoms with van der Waals surface area (Å²) in [6.45, 7) is 0. The van der Waals surface area contributed by atoms with Gasteiger partial charge < -0.3 is 13.7 Å². The van der Waals surface area contributed by atoms with Crippen LogP contribution >= 0.6 is 0 Å². The third kappa shape index (κ3) is 6.67. The van der Waals surface area contributed by atoms with E-state index < -0.39 is 0 Å². The second-order valence-electron chi connectivity index (χ2n) is 17.2. The Morgan fingerprint density at radius 1 is 0.269 bits per heavy atom. The molecule has 0 aliphatic heterocycles. The summed E-state index contributed by atoms with van der Waals surface area (Å²) in [7, 11) is 0. The van der Waals surface area contributed by atoms with E-state index >= 15 is 0 Å². The van der Waals surface area contributed by atoms with Crippen LogP contribution in [0.4, 0.5) is 17.1 Å². The predicted octanol–water partition coefficient (Wildman–Crippen LogP) is 18.4. The Balaban J connectivity index is 1.03. The highest BCUT2D eigenvalue weighted by molar-refractivity contribution is 6.19. The van der Waals surface area contributed by atoms with Gasteiger partial charge >= 0.3 is 0 Å². The molecule has 0 radical (unpaired) electrons. The van der Waals surface area contributed by atoms with E-state index in [-0.39, 0.29) is 0 Å². The Hall–Kier alpha value is -8.92. The number of benzene rings is 11. The molecule has 0 bridgehead atoms. The molecule has 3 nitrogen and oxygen atoms in total. The van der Waals surface area contributed by atoms with Gasteiger partial charge in [0.25, 0.3) is 0 Å². The summed E-state index contributed by atoms with van der Waals surface area (Å²) in [4.78, 5) is 2.36. The highest BCUT2D eigenvalue weighted by Crippen LogP contribution is 2.49. The molecule has 0 saturated carbocycles. The first kappa shape index (κ1) is 38.5. The van der Waals surface area contributed by atoms with Crippen molar-refractivity contribution in [3.63, 3.8) is 0 Å². The topological polar surface area (TPSA) is 29.5 Å². The van der Waals surface area contributed by atoms with Gasteiger partial charge in [-0.3, -0.25) is 0 Å². The monoisotopic (exact) mass is 855 g/mol. The van der Waals surface area contributed by atoms with Crippen molar-refractivity contribution in [2.45, 2.75) is 0 Å². The lowest BCUT2D eigenvalue weighted by molar-refractivity contribution is 0.668. The number of fused-ring (bicyclic) bond motifs is 7. The Labute approximate surface area is 388 Å². The molecule has 0 saturated heterocycles. The second-order valence-corrected chi connectivity index (χ2v) is 17.2. The van der Waals surface area contributed by atoms with Crippen LogP contribution in [0.2, 0.25) is 0 Å². The van der Waals surface area contributed by atoms with Crippen LogP contribution in [0.15, 0.2) is 258 Å². The Bertz CT molecular complexity index is 3950. The van der Waals surface area contributed by atoms with Crippen molar-refractivity contribution in [3.05, 3.63) is 249 Å². The van der Waals surface area contributed by atoms with Crippen LogP contribution < -0.4 is 4.90 Å². The average Bonchev–Trinajstić information content (AvgIpc) is 3.98. The molecule has 0 aliphatic carbocycles. The smallest absolute Gasteiger partial charge is 0.159 e. The van der Waals surface area contributed by atoms with E-state index in [9.17, 15) is 0 Å². The van der Waals surface area contributed by atoms with Crippen molar-refractivity contribution in [2.24, 2.45) is 0 Å². The minimum Gasteiger partial charge on any atom is -0.455 e. The van der Waals surface area contributed by atoms with Gasteiger partial charge in [-0.05, 0) is 122 Å². The SMILES string of the molecule is c1ccc(-c2ccc3c(c2)oc2c(N(c4ccc(-c5ccc6cccc(-c7ccccc7)c6c5)cc4)c4ccc(-c5ccccc5)c5oc6cc(-c7ccccc7)ccc6c45)cccc23)cc1. The number of rotatable bonds is 8. The first-order valence-electron chi connectivity index (χ1n) is 22.8. The normalized spacial score (nSPS) is 11.6. The van der Waals surface area contributed by atoms with Crippen molar-refractivity contribution in [1.82, 2.24) is 0 Å². The van der Waals surface area contributed by atoms with Gasteiger partial charge in [-0.2, -0.15) is 0 Å². The van der Waals surface area contributed by atoms with Crippen LogP contribution in [-0.2, 0) is 0 Å². The summed E-state index contributed by atoms with van der Waals surface area (Å²) in [5, 5.41) is 6.65. The third-order valence-corrected chi connectivity index (χ3v) is 13.3. The van der Waals surface area contributed by atoms with Gasteiger partial charge in [0.15, 0.2) is 5.58 Å². The maximum atomic E-state index is 7.06. The molecule has 0 N–H and O–H groups in total. The Morgan fingerprint density at radius 3 is 1.46 bits per heavy atom. The molecule has 2 aromatic heterocycles. The quantitative estimate of drug-likeness (QED) is 0.152. The summed E-state index contributed by atoms with van der Waals surface area (Å²) < 4.78 is 14.1. The minimum atomic E-state index is 0.814. The number of nitrogens with zero attached hydrogens (tertiary/aromatic N) is 1. The van der Waals surface area contributed by atoms with E-state index in [0.717, 1.165) is 105 Å². The predicted molar refractivity (Wildman–Crippen MR) is 280 cm³/mol. The fourth-order valence-electron chi connectivity index (χ4n) is 10.0. The molecule has 0 unspecified atom stereocenters. The summed E-state index contributed by atoms with van der Waals surface area (Å²) >= 11 is 0. The molecule has 13 rings (SSSR count). The van der Waals surface area contributed by atoms with Gasteiger partial charge in [0.2, 0.25) is 0 Å². The molecule has 0 amide bonds. The third-order valence-electron chi connectivity index (χ3n) is 13.3. The maximum Gasteiger partial charge on any atom is 0.159 e. The molecule has 67 heavy (non-hydrogen) atoms. The first-order valence-corrected chi connectivity index (χ1v) is 22.8. The number of furan rings is 2. The van der Waals surface area contributed by atoms with Crippen molar-refractivity contribution in [2.75, 3.05) is 4.90 Å². The molecule has 0 aliphatic rings. The maximum absolute atomic E-state index is 7.06. The minimum absolute atomic E-state index is 0.814. The summed E-state index contributed by atoms with van der Waals surface area (Å²) in [5.41, 5.74) is 17.6. The van der Waals surface area contributed by atoms with Crippen molar-refractivity contribution >= 4 is 71.7 Å². The Morgan fingerprint density at radius 2 is 0.791 bits per heavy atom. The van der Waals surface area contributed by atoms with Gasteiger partial charge in [-0.25, -0.2) is 0 Å². The van der Waals surface area contributed by atoms with Crippen LogP contribution in [0.1, 0.15) is 0 Å². The summed E-state index contributed by atoms with van der Waals surface area (Å²) in [6, 6.07) is 88.6. The largest absolute Gasteiger partial charge is 0.455 e. The van der Waals surface area contributed by atoms with E-state index in [4.69, 9.17) is 8.83 Å². The molecular weight excluding hydrogens is 815 g/mol. The number of anilines is 3. The lowest BCUT2D eigenvalue weighted by atomic mass is 9.94. The van der Waals surface area contributed by atoms with Gasteiger partial charge in [-0.1, -0.05) is 188 Å². The zero-order chi connectivity index (χ0) is 44.3. The van der Waals surface area contributed by atoms with Crippen LogP contribution in [-0.4, -0.2) is 0 Å². The summed E-state index contributed by atoms with van der Waals surface area (Å²) in [5.74, 6) is 0. The van der Waals surface area contributed by atoms with E-state index in [1.165, 1.54) is 21.9 Å². The van der Waals surface area contributed by atoms with Crippen LogP contribution in [0.25, 0.3) is 110 Å². The van der Waals surface area contributed by atoms with Gasteiger partial charge in [-0.15, -0.1) is 0 Å². The van der Waals surface area contributed by atoms with E-state index in [1.54, 1.807) is 0 Å². The molecule has 11 aromatic carbocycles. The molecule has 3 heteroatoms. The van der Waals surface area contributed by atoms with Crippen LogP contribution in [0, 0.1) is 0 Å². The summed E-state index contributed by atoms with van der Waals surface area (Å²) in [6.07, 6.45) is 0. The molecule has 13 aromatic rings. The zero-order valence-electron chi connectivity index (χ0n) is 36.4. The number of hydrogen-bond donors (Lipinski definition) is 0. The zero-order valence-corrected chi connectivity index (χ0v) is 36.4. The van der Waals surface area contributed by atoms with E-state index in [2.05, 4.69) is 254 Å². The van der Waals surface area contributed by atoms with Crippen molar-refractivity contribution in [3.8, 4) is 55.6 Å². The Kier molecular flexibility index (Phi) is 9.17. The van der Waals surface area contributed by atoms with Gasteiger partial charge in [0.1, 0.15) is 16.7 Å². The highest BCUT2D eigenvalue weighted by atomic mass is 16.3. The number of hydrogen-bond acceptors (Lipinski definition) is 3. The van der Waals surface area contributed by atoms with Gasteiger partial charge in [0.05, 0.1) is 16.8 Å². The fourth-order valence-corrected chi connectivity index (χ4v) is 10.0. The van der Waals surface area contributed by atoms with Crippen LogP contribution in [0.3, 0.4) is 0 Å². The highest BCUT2D eigenvalue weighted by Gasteiger charge is 2.25. The van der Waals surface area contributed by atoms with Gasteiger partial charge in [0, 0.05) is 27.4 Å². The lowest BCUT2D eigenvalue weighted by Crippen LogP contribution is -2.10. The number of para-hydroxylation sites is 1. The van der Waals surface area contributed by atoms with E-state index in [1.807, 2.05) is 0 Å². The second kappa shape index (κ2) is 16.0. The fraction of sp³-hybridized carbons (Fsp3) is 0. The molecule has 0 atom stereocenters. The molecule has 314 valence electrons.